The molecule has 0 radical (unpaired) electrons. The summed E-state index contributed by atoms with van der Waals surface area (Å²) in [4.78, 5) is 0. The van der Waals surface area contributed by atoms with Gasteiger partial charge in [-0.1, -0.05) is 0 Å². The Balaban J connectivity index is 1.89. The number of benzene rings is 2. The van der Waals surface area contributed by atoms with Crippen LogP contribution in [0.15, 0.2) is 34.8 Å². The molecule has 1 aliphatic rings. The minimum Gasteiger partial charge on any atom is -0.508 e. The maximum Gasteiger partial charge on any atom is 0.149 e. The number of fused-ring (bicyclic) bond motifs is 1. The average Bonchev–Trinajstić information content (AvgIpc) is 2.78. The summed E-state index contributed by atoms with van der Waals surface area (Å²) in [6.45, 7) is 0.313. The number of hydrogen-bond acceptors (Lipinski definition) is 3. The molecule has 1 aliphatic heterocycles. The van der Waals surface area contributed by atoms with Crippen LogP contribution in [-0.2, 0) is 0 Å². The number of phenols is 1. The van der Waals surface area contributed by atoms with Crippen molar-refractivity contribution in [1.82, 2.24) is 0 Å². The molecule has 104 valence electrons. The zero-order valence-electron chi connectivity index (χ0n) is 10.2. The highest BCUT2D eigenvalue weighted by Gasteiger charge is 2.25. The third kappa shape index (κ3) is 2.31. The number of phenolic OH excluding ortho intramolecular Hbond substituents is 1. The highest BCUT2D eigenvalue weighted by atomic mass is 79.9. The Morgan fingerprint density at radius 2 is 2.00 bits per heavy atom. The predicted molar refractivity (Wildman–Crippen MR) is 74.0 cm³/mol. The molecule has 2 aromatic carbocycles. The molecule has 1 unspecified atom stereocenters. The van der Waals surface area contributed by atoms with E-state index in [4.69, 9.17) is 4.74 Å². The monoisotopic (exact) mass is 341 g/mol. The van der Waals surface area contributed by atoms with Crippen LogP contribution in [0.1, 0.15) is 11.6 Å². The Morgan fingerprint density at radius 3 is 2.80 bits per heavy atom. The van der Waals surface area contributed by atoms with E-state index in [-0.39, 0.29) is 22.0 Å². The molecule has 0 fully saturated rings. The van der Waals surface area contributed by atoms with Crippen LogP contribution in [0.4, 0.5) is 14.5 Å². The molecule has 1 atom stereocenters. The van der Waals surface area contributed by atoms with Crippen LogP contribution in [0.3, 0.4) is 0 Å². The van der Waals surface area contributed by atoms with Crippen LogP contribution in [0.5, 0.6) is 11.5 Å². The van der Waals surface area contributed by atoms with E-state index in [1.807, 2.05) is 0 Å². The Hall–Kier alpha value is -1.82. The third-order valence-electron chi connectivity index (χ3n) is 3.12. The largest absolute Gasteiger partial charge is 0.508 e. The number of hydrogen-bond donors (Lipinski definition) is 2. The van der Waals surface area contributed by atoms with Gasteiger partial charge in [0.1, 0.15) is 29.7 Å². The van der Waals surface area contributed by atoms with Crippen molar-refractivity contribution in [2.75, 3.05) is 11.9 Å². The molecule has 0 saturated carbocycles. The van der Waals surface area contributed by atoms with Crippen molar-refractivity contribution in [1.29, 1.82) is 0 Å². The van der Waals surface area contributed by atoms with E-state index in [9.17, 15) is 13.9 Å². The summed E-state index contributed by atoms with van der Waals surface area (Å²) in [7, 11) is 0. The number of rotatable bonds is 2. The summed E-state index contributed by atoms with van der Waals surface area (Å²) in [5.74, 6) is -0.650. The van der Waals surface area contributed by atoms with Crippen molar-refractivity contribution in [3.8, 4) is 11.5 Å². The van der Waals surface area contributed by atoms with Crippen LogP contribution < -0.4 is 10.1 Å². The number of aromatic hydroxyl groups is 1. The van der Waals surface area contributed by atoms with E-state index >= 15 is 0 Å². The second-order valence-corrected chi connectivity index (χ2v) is 5.33. The van der Waals surface area contributed by atoms with Crippen molar-refractivity contribution in [3.63, 3.8) is 0 Å². The summed E-state index contributed by atoms with van der Waals surface area (Å²) in [6, 6.07) is 6.68. The molecule has 3 rings (SSSR count). The Morgan fingerprint density at radius 1 is 1.20 bits per heavy atom. The molecule has 0 aromatic heterocycles. The third-order valence-corrected chi connectivity index (χ3v) is 3.73. The first-order chi connectivity index (χ1) is 9.54. The molecule has 0 saturated heterocycles. The minimum absolute atomic E-state index is 0.111. The van der Waals surface area contributed by atoms with Gasteiger partial charge in [0.15, 0.2) is 0 Å². The van der Waals surface area contributed by atoms with Crippen LogP contribution in [0.2, 0.25) is 0 Å². The van der Waals surface area contributed by atoms with Gasteiger partial charge in [0.25, 0.3) is 0 Å². The van der Waals surface area contributed by atoms with Gasteiger partial charge in [0, 0.05) is 17.7 Å². The minimum atomic E-state index is -0.669. The normalized spacial score (nSPS) is 16.6. The van der Waals surface area contributed by atoms with Gasteiger partial charge in [-0.15, -0.1) is 0 Å². The lowest BCUT2D eigenvalue weighted by Gasteiger charge is -2.14. The quantitative estimate of drug-likeness (QED) is 0.812. The van der Waals surface area contributed by atoms with Crippen molar-refractivity contribution in [3.05, 3.63) is 52.0 Å². The fourth-order valence-electron chi connectivity index (χ4n) is 2.14. The molecule has 2 aromatic rings. The lowest BCUT2D eigenvalue weighted by molar-refractivity contribution is 0.338. The van der Waals surface area contributed by atoms with Crippen molar-refractivity contribution in [2.24, 2.45) is 0 Å². The molecule has 0 aliphatic carbocycles. The maximum absolute atomic E-state index is 13.7. The van der Waals surface area contributed by atoms with E-state index in [0.717, 1.165) is 11.6 Å². The van der Waals surface area contributed by atoms with Gasteiger partial charge in [-0.3, -0.25) is 0 Å². The Labute approximate surface area is 122 Å². The lowest BCUT2D eigenvalue weighted by atomic mass is 10.1. The first-order valence-corrected chi connectivity index (χ1v) is 6.70. The zero-order chi connectivity index (χ0) is 14.3. The zero-order valence-corrected chi connectivity index (χ0v) is 11.7. The van der Waals surface area contributed by atoms with Crippen LogP contribution in [-0.4, -0.2) is 11.7 Å². The molecule has 0 amide bonds. The topological polar surface area (TPSA) is 41.5 Å². The standard InChI is InChI=1S/C14H10BrF2NO2/c15-9-4-12(11(17)5-10(9)16)18-13-6-20-14-3-7(19)1-2-8(13)14/h1-5,13,18-19H,6H2. The van der Waals surface area contributed by atoms with E-state index < -0.39 is 11.6 Å². The number of ether oxygens (including phenoxy) is 1. The van der Waals surface area contributed by atoms with Crippen molar-refractivity contribution >= 4 is 21.6 Å². The Bertz CT molecular complexity index is 678. The van der Waals surface area contributed by atoms with E-state index in [1.54, 1.807) is 12.1 Å². The molecule has 20 heavy (non-hydrogen) atoms. The summed E-state index contributed by atoms with van der Waals surface area (Å²) >= 11 is 3.02. The highest BCUT2D eigenvalue weighted by Crippen LogP contribution is 2.37. The summed E-state index contributed by atoms with van der Waals surface area (Å²) in [5, 5.41) is 12.3. The fourth-order valence-corrected chi connectivity index (χ4v) is 2.48. The second-order valence-electron chi connectivity index (χ2n) is 4.48. The smallest absolute Gasteiger partial charge is 0.149 e. The van der Waals surface area contributed by atoms with Gasteiger partial charge in [-0.05, 0) is 34.1 Å². The van der Waals surface area contributed by atoms with E-state index in [2.05, 4.69) is 21.2 Å². The average molecular weight is 342 g/mol. The molecule has 2 N–H and O–H groups in total. The molecule has 0 bridgehead atoms. The maximum atomic E-state index is 13.7. The fraction of sp³-hybridized carbons (Fsp3) is 0.143. The molecule has 3 nitrogen and oxygen atoms in total. The first-order valence-electron chi connectivity index (χ1n) is 5.91. The van der Waals surface area contributed by atoms with Crippen LogP contribution in [0.25, 0.3) is 0 Å². The highest BCUT2D eigenvalue weighted by molar-refractivity contribution is 9.10. The van der Waals surface area contributed by atoms with Gasteiger partial charge in [-0.25, -0.2) is 8.78 Å². The summed E-state index contributed by atoms with van der Waals surface area (Å²) in [6.07, 6.45) is 0. The van der Waals surface area contributed by atoms with E-state index in [0.29, 0.717) is 12.4 Å². The molecule has 1 heterocycles. The van der Waals surface area contributed by atoms with Crippen LogP contribution >= 0.6 is 15.9 Å². The number of nitrogens with one attached hydrogen (secondary N) is 1. The first kappa shape index (κ1) is 13.2. The van der Waals surface area contributed by atoms with E-state index in [1.165, 1.54) is 12.1 Å². The van der Waals surface area contributed by atoms with Crippen molar-refractivity contribution < 1.29 is 18.6 Å². The summed E-state index contributed by atoms with van der Waals surface area (Å²) < 4.78 is 32.5. The van der Waals surface area contributed by atoms with Crippen molar-refractivity contribution in [2.45, 2.75) is 6.04 Å². The van der Waals surface area contributed by atoms with Gasteiger partial charge < -0.3 is 15.2 Å². The summed E-state index contributed by atoms with van der Waals surface area (Å²) in [5.41, 5.74) is 1.01. The van der Waals surface area contributed by atoms with Gasteiger partial charge in [0.05, 0.1) is 16.2 Å². The second kappa shape index (κ2) is 4.94. The molecule has 6 heteroatoms. The number of halogens is 3. The lowest BCUT2D eigenvalue weighted by Crippen LogP contribution is -2.13. The van der Waals surface area contributed by atoms with Gasteiger partial charge in [-0.2, -0.15) is 0 Å². The van der Waals surface area contributed by atoms with Gasteiger partial charge in [0.2, 0.25) is 0 Å². The molecular formula is C14H10BrF2NO2. The SMILES string of the molecule is Oc1ccc2c(c1)OCC2Nc1cc(Br)c(F)cc1F. The van der Waals surface area contributed by atoms with Gasteiger partial charge >= 0.3 is 0 Å². The van der Waals surface area contributed by atoms with Crippen LogP contribution in [0, 0.1) is 11.6 Å². The predicted octanol–water partition coefficient (Wildman–Crippen LogP) is 3.98. The number of anilines is 1. The molecular weight excluding hydrogens is 332 g/mol. The molecule has 0 spiro atoms. The Kier molecular flexibility index (Phi) is 3.25.